The maximum Gasteiger partial charge on any atom is 0.246 e. The highest BCUT2D eigenvalue weighted by Gasteiger charge is 2.06. The lowest BCUT2D eigenvalue weighted by atomic mass is 10.2. The first-order chi connectivity index (χ1) is 11.7. The molecule has 4 heteroatoms. The molecule has 0 amide bonds. The highest BCUT2D eigenvalue weighted by atomic mass is 16.6. The Morgan fingerprint density at radius 1 is 0.958 bits per heavy atom. The quantitative estimate of drug-likeness (QED) is 0.180. The Balaban J connectivity index is 4.06. The topological polar surface area (TPSA) is 60.2 Å². The van der Waals surface area contributed by atoms with Crippen molar-refractivity contribution < 1.29 is 9.72 Å². The van der Waals surface area contributed by atoms with E-state index in [4.69, 9.17) is 0 Å². The molecule has 0 fully saturated rings. The maximum absolute atomic E-state index is 11.0. The van der Waals surface area contributed by atoms with E-state index in [1.807, 2.05) is 24.5 Å². The van der Waals surface area contributed by atoms with Gasteiger partial charge in [0.2, 0.25) is 5.70 Å². The number of hydrogen-bond donors (Lipinski definition) is 0. The molecule has 0 unspecified atom stereocenters. The largest absolute Gasteiger partial charge is 0.291 e. The minimum absolute atomic E-state index is 0.207. The van der Waals surface area contributed by atoms with Crippen LogP contribution in [0.3, 0.4) is 0 Å². The number of hydrogen-bond acceptors (Lipinski definition) is 3. The van der Waals surface area contributed by atoms with Crippen LogP contribution >= 0.6 is 0 Å². The van der Waals surface area contributed by atoms with Gasteiger partial charge in [0, 0.05) is 6.42 Å². The molecule has 0 rings (SSSR count). The molecule has 0 atom stereocenters. The van der Waals surface area contributed by atoms with Crippen LogP contribution in [0.25, 0.3) is 0 Å². The van der Waals surface area contributed by atoms with Crippen molar-refractivity contribution in [3.63, 3.8) is 0 Å². The lowest BCUT2D eigenvalue weighted by Gasteiger charge is -1.94. The smallest absolute Gasteiger partial charge is 0.246 e. The second-order valence-corrected chi connectivity index (χ2v) is 5.19. The van der Waals surface area contributed by atoms with E-state index in [1.54, 1.807) is 12.2 Å². The first-order valence-electron chi connectivity index (χ1n) is 8.50. The van der Waals surface area contributed by atoms with Gasteiger partial charge in [0.05, 0.1) is 11.3 Å². The molecule has 0 aromatic heterocycles. The molecule has 0 aromatic carbocycles. The monoisotopic (exact) mass is 330 g/mol. The fourth-order valence-corrected chi connectivity index (χ4v) is 1.86. The van der Waals surface area contributed by atoms with Gasteiger partial charge in [-0.25, -0.2) is 0 Å². The molecule has 0 heterocycles. The van der Waals surface area contributed by atoms with Gasteiger partial charge in [0.1, 0.15) is 0 Å². The second kappa shape index (κ2) is 17.1. The van der Waals surface area contributed by atoms with Gasteiger partial charge in [0.15, 0.2) is 6.29 Å². The molecule has 131 valence electrons. The zero-order valence-electron chi connectivity index (χ0n) is 14.5. The third kappa shape index (κ3) is 14.7. The van der Waals surface area contributed by atoms with E-state index >= 15 is 0 Å². The lowest BCUT2D eigenvalue weighted by molar-refractivity contribution is -0.427. The summed E-state index contributed by atoms with van der Waals surface area (Å²) in [6.07, 6.45) is 25.2. The third-order valence-corrected chi connectivity index (χ3v) is 3.15. The van der Waals surface area contributed by atoms with Crippen molar-refractivity contribution in [2.75, 3.05) is 0 Å². The van der Waals surface area contributed by atoms with Gasteiger partial charge < -0.3 is 0 Å². The van der Waals surface area contributed by atoms with Gasteiger partial charge in [-0.1, -0.05) is 55.5 Å². The van der Waals surface area contributed by atoms with E-state index in [-0.39, 0.29) is 10.6 Å². The van der Waals surface area contributed by atoms with Gasteiger partial charge in [-0.2, -0.15) is 0 Å². The summed E-state index contributed by atoms with van der Waals surface area (Å²) in [7, 11) is 0. The Labute approximate surface area is 145 Å². The van der Waals surface area contributed by atoms with E-state index in [0.29, 0.717) is 19.3 Å². The van der Waals surface area contributed by atoms with Crippen LogP contribution < -0.4 is 0 Å². The number of rotatable bonds is 14. The molecular weight excluding hydrogens is 302 g/mol. The SMILES string of the molecule is CC/C=C\C/C=C\C/C=C\C/C=C(\C/C=C\CCC[C]=O)[N+](=O)[O-]. The number of carbonyl (C=O) groups excluding carboxylic acids is 1. The Morgan fingerprint density at radius 3 is 2.17 bits per heavy atom. The Bertz CT molecular complexity index is 485. The number of unbranched alkanes of at least 4 members (excludes halogenated alkanes) is 2. The van der Waals surface area contributed by atoms with E-state index in [9.17, 15) is 14.9 Å². The van der Waals surface area contributed by atoms with Crippen LogP contribution in [0.1, 0.15) is 58.3 Å². The molecule has 0 aliphatic carbocycles. The average molecular weight is 330 g/mol. The van der Waals surface area contributed by atoms with Crippen LogP contribution in [0.5, 0.6) is 0 Å². The molecule has 24 heavy (non-hydrogen) atoms. The van der Waals surface area contributed by atoms with Crippen LogP contribution in [-0.4, -0.2) is 11.2 Å². The zero-order valence-corrected chi connectivity index (χ0v) is 14.5. The van der Waals surface area contributed by atoms with Crippen molar-refractivity contribution in [1.82, 2.24) is 0 Å². The highest BCUT2D eigenvalue weighted by molar-refractivity contribution is 5.50. The van der Waals surface area contributed by atoms with Crippen molar-refractivity contribution in [3.05, 3.63) is 70.5 Å². The minimum atomic E-state index is -0.336. The standard InChI is InChI=1S/C20H28NO3/c1-2-3-4-5-6-7-8-9-11-14-17-20(21(23)24)18-15-12-10-13-16-19-22/h3-4,6-7,9,11-12,15,17H,2,5,8,10,13-14,16,18H2,1H3/b4-3-,7-6-,11-9-,15-12-,20-17+. The van der Waals surface area contributed by atoms with Crippen LogP contribution in [0, 0.1) is 10.1 Å². The lowest BCUT2D eigenvalue weighted by Crippen LogP contribution is -1.97. The summed E-state index contributed by atoms with van der Waals surface area (Å²) < 4.78 is 0. The Morgan fingerprint density at radius 2 is 1.58 bits per heavy atom. The van der Waals surface area contributed by atoms with Gasteiger partial charge in [0.25, 0.3) is 0 Å². The van der Waals surface area contributed by atoms with Crippen LogP contribution in [-0.2, 0) is 4.79 Å². The molecule has 0 aliphatic heterocycles. The summed E-state index contributed by atoms with van der Waals surface area (Å²) >= 11 is 0. The van der Waals surface area contributed by atoms with Crippen molar-refractivity contribution in [2.24, 2.45) is 0 Å². The summed E-state index contributed by atoms with van der Waals surface area (Å²) in [4.78, 5) is 20.7. The predicted molar refractivity (Wildman–Crippen MR) is 99.9 cm³/mol. The highest BCUT2D eigenvalue weighted by Crippen LogP contribution is 2.07. The Kier molecular flexibility index (Phi) is 15.5. The fourth-order valence-electron chi connectivity index (χ4n) is 1.86. The summed E-state index contributed by atoms with van der Waals surface area (Å²) in [5, 5.41) is 11.0. The first kappa shape index (κ1) is 21.8. The molecule has 1 radical (unpaired) electrons. The predicted octanol–water partition coefficient (Wildman–Crippen LogP) is 5.62. The molecule has 0 N–H and O–H groups in total. The molecule has 0 aromatic rings. The number of nitro groups is 1. The molecule has 0 saturated carbocycles. The van der Waals surface area contributed by atoms with Gasteiger partial charge in [-0.3, -0.25) is 14.9 Å². The van der Waals surface area contributed by atoms with Crippen LogP contribution in [0.2, 0.25) is 0 Å². The van der Waals surface area contributed by atoms with Crippen LogP contribution in [0.15, 0.2) is 60.4 Å². The number of allylic oxidation sites excluding steroid dienone is 9. The fraction of sp³-hybridized carbons (Fsp3) is 0.450. The molecular formula is C20H28NO3. The molecule has 0 bridgehead atoms. The van der Waals surface area contributed by atoms with Gasteiger partial charge in [-0.05, 0) is 44.6 Å². The Hall–Kier alpha value is -2.23. The normalized spacial score (nSPS) is 13.0. The second-order valence-electron chi connectivity index (χ2n) is 5.19. The molecule has 0 saturated heterocycles. The van der Waals surface area contributed by atoms with Gasteiger partial charge >= 0.3 is 0 Å². The van der Waals surface area contributed by atoms with E-state index in [0.717, 1.165) is 32.1 Å². The number of nitrogens with zero attached hydrogens (tertiary/aromatic N) is 1. The van der Waals surface area contributed by atoms with Crippen molar-refractivity contribution in [3.8, 4) is 0 Å². The third-order valence-electron chi connectivity index (χ3n) is 3.15. The summed E-state index contributed by atoms with van der Waals surface area (Å²) in [6, 6.07) is 0. The zero-order chi connectivity index (χ0) is 17.9. The van der Waals surface area contributed by atoms with E-state index in [1.165, 1.54) is 0 Å². The van der Waals surface area contributed by atoms with Crippen molar-refractivity contribution in [2.45, 2.75) is 58.3 Å². The molecule has 0 aliphatic rings. The van der Waals surface area contributed by atoms with Crippen molar-refractivity contribution >= 4 is 6.29 Å². The van der Waals surface area contributed by atoms with E-state index < -0.39 is 0 Å². The maximum atomic E-state index is 11.0. The first-order valence-corrected chi connectivity index (χ1v) is 8.50. The summed E-state index contributed by atoms with van der Waals surface area (Å²) in [6.45, 7) is 2.11. The summed E-state index contributed by atoms with van der Waals surface area (Å²) in [5.74, 6) is 0. The van der Waals surface area contributed by atoms with E-state index in [2.05, 4.69) is 31.2 Å². The van der Waals surface area contributed by atoms with Crippen molar-refractivity contribution in [1.29, 1.82) is 0 Å². The molecule has 0 spiro atoms. The summed E-state index contributed by atoms with van der Waals surface area (Å²) in [5.41, 5.74) is 0.207. The molecule has 4 nitrogen and oxygen atoms in total. The average Bonchev–Trinajstić information content (AvgIpc) is 2.57. The van der Waals surface area contributed by atoms with Crippen LogP contribution in [0.4, 0.5) is 0 Å². The minimum Gasteiger partial charge on any atom is -0.291 e. The van der Waals surface area contributed by atoms with Gasteiger partial charge in [-0.15, -0.1) is 0 Å².